The number of carbonyl (C=O) groups is 3. The van der Waals surface area contributed by atoms with Gasteiger partial charge in [0.1, 0.15) is 6.42 Å². The van der Waals surface area contributed by atoms with Crippen molar-refractivity contribution in [3.05, 3.63) is 29.3 Å². The second-order valence-corrected chi connectivity index (χ2v) is 7.49. The smallest absolute Gasteiger partial charge is 0.233 e. The summed E-state index contributed by atoms with van der Waals surface area (Å²) in [7, 11) is 1.60. The minimum Gasteiger partial charge on any atom is -0.383 e. The highest BCUT2D eigenvalue weighted by Crippen LogP contribution is 2.20. The van der Waals surface area contributed by atoms with E-state index in [4.69, 9.17) is 4.74 Å². The predicted octanol–water partition coefficient (Wildman–Crippen LogP) is 2.02. The molecule has 0 spiro atoms. The highest BCUT2D eigenvalue weighted by Gasteiger charge is 2.28. The Morgan fingerprint density at radius 3 is 2.54 bits per heavy atom. The molecule has 0 bridgehead atoms. The zero-order valence-corrected chi connectivity index (χ0v) is 17.2. The Morgan fingerprint density at radius 2 is 1.89 bits per heavy atom. The van der Waals surface area contributed by atoms with Crippen LogP contribution in [0.2, 0.25) is 0 Å². The lowest BCUT2D eigenvalue weighted by molar-refractivity contribution is -0.138. The van der Waals surface area contributed by atoms with Gasteiger partial charge in [0.2, 0.25) is 17.7 Å². The van der Waals surface area contributed by atoms with E-state index in [1.165, 1.54) is 0 Å². The molecule has 7 nitrogen and oxygen atoms in total. The van der Waals surface area contributed by atoms with Crippen molar-refractivity contribution in [2.75, 3.05) is 32.1 Å². The summed E-state index contributed by atoms with van der Waals surface area (Å²) < 4.78 is 5.03. The summed E-state index contributed by atoms with van der Waals surface area (Å²) >= 11 is 0. The monoisotopic (exact) mass is 389 g/mol. The number of likely N-dealkylation sites (tertiary alicyclic amines) is 1. The number of anilines is 1. The number of benzene rings is 1. The molecule has 2 N–H and O–H groups in total. The molecule has 0 aromatic heterocycles. The van der Waals surface area contributed by atoms with Crippen LogP contribution in [0.1, 0.15) is 37.3 Å². The molecule has 1 atom stereocenters. The third-order valence-electron chi connectivity index (χ3n) is 5.21. The van der Waals surface area contributed by atoms with Crippen LogP contribution < -0.4 is 10.6 Å². The number of hydrogen-bond acceptors (Lipinski definition) is 4. The Labute approximate surface area is 166 Å². The third-order valence-corrected chi connectivity index (χ3v) is 5.21. The van der Waals surface area contributed by atoms with Gasteiger partial charge in [-0.1, -0.05) is 12.1 Å². The third kappa shape index (κ3) is 6.05. The molecular weight excluding hydrogens is 358 g/mol. The normalized spacial score (nSPS) is 15.8. The van der Waals surface area contributed by atoms with Crippen LogP contribution in [0, 0.1) is 19.8 Å². The molecule has 0 aliphatic carbocycles. The molecule has 2 rings (SSSR count). The Kier molecular flexibility index (Phi) is 7.99. The summed E-state index contributed by atoms with van der Waals surface area (Å²) in [5, 5.41) is 5.75. The molecule has 1 heterocycles. The SMILES string of the molecule is COCC(C)NC(=O)C1CCN(C(=O)CC(=O)Nc2cccc(C)c2C)CC1. The van der Waals surface area contributed by atoms with E-state index in [0.717, 1.165) is 16.8 Å². The van der Waals surface area contributed by atoms with Crippen LogP contribution in [0.4, 0.5) is 5.69 Å². The number of nitrogens with zero attached hydrogens (tertiary/aromatic N) is 1. The first-order chi connectivity index (χ1) is 13.3. The second-order valence-electron chi connectivity index (χ2n) is 7.49. The molecule has 1 saturated heterocycles. The molecule has 7 heteroatoms. The Morgan fingerprint density at radius 1 is 1.21 bits per heavy atom. The van der Waals surface area contributed by atoms with Crippen molar-refractivity contribution in [1.82, 2.24) is 10.2 Å². The van der Waals surface area contributed by atoms with Gasteiger partial charge in [-0.15, -0.1) is 0 Å². The zero-order chi connectivity index (χ0) is 20.7. The maximum atomic E-state index is 12.4. The maximum absolute atomic E-state index is 12.4. The fourth-order valence-corrected chi connectivity index (χ4v) is 3.37. The molecule has 1 fully saturated rings. The summed E-state index contributed by atoms with van der Waals surface area (Å²) in [4.78, 5) is 38.6. The van der Waals surface area contributed by atoms with Crippen LogP contribution >= 0.6 is 0 Å². The zero-order valence-electron chi connectivity index (χ0n) is 17.2. The molecule has 1 aromatic rings. The average Bonchev–Trinajstić information content (AvgIpc) is 2.65. The van der Waals surface area contributed by atoms with Gasteiger partial charge in [-0.05, 0) is 50.8 Å². The molecule has 1 aliphatic heterocycles. The lowest BCUT2D eigenvalue weighted by atomic mass is 9.95. The first-order valence-corrected chi connectivity index (χ1v) is 9.75. The van der Waals surface area contributed by atoms with Gasteiger partial charge in [0.05, 0.1) is 6.61 Å². The van der Waals surface area contributed by atoms with Gasteiger partial charge in [-0.25, -0.2) is 0 Å². The van der Waals surface area contributed by atoms with Crippen LogP contribution in [0.15, 0.2) is 18.2 Å². The maximum Gasteiger partial charge on any atom is 0.233 e. The first kappa shape index (κ1) is 21.9. The van der Waals surface area contributed by atoms with E-state index in [2.05, 4.69) is 10.6 Å². The van der Waals surface area contributed by atoms with Crippen molar-refractivity contribution in [3.63, 3.8) is 0 Å². The first-order valence-electron chi connectivity index (χ1n) is 9.75. The number of amides is 3. The van der Waals surface area contributed by atoms with E-state index < -0.39 is 0 Å². The fraction of sp³-hybridized carbons (Fsp3) is 0.571. The average molecular weight is 389 g/mol. The van der Waals surface area contributed by atoms with Crippen molar-refractivity contribution in [1.29, 1.82) is 0 Å². The standard InChI is InChI=1S/C21H31N3O4/c1-14-6-5-7-18(16(14)3)23-19(25)12-20(26)24-10-8-17(9-11-24)21(27)22-15(2)13-28-4/h5-7,15,17H,8-13H2,1-4H3,(H,22,27)(H,23,25). The fourth-order valence-electron chi connectivity index (χ4n) is 3.37. The lowest BCUT2D eigenvalue weighted by Crippen LogP contribution is -2.46. The van der Waals surface area contributed by atoms with Crippen molar-refractivity contribution < 1.29 is 19.1 Å². The molecular formula is C21H31N3O4. The Balaban J connectivity index is 1.79. The summed E-state index contributed by atoms with van der Waals surface area (Å²) in [5.74, 6) is -0.613. The van der Waals surface area contributed by atoms with E-state index in [-0.39, 0.29) is 36.1 Å². The molecule has 0 saturated carbocycles. The molecule has 154 valence electrons. The number of ether oxygens (including phenoxy) is 1. The number of hydrogen-bond donors (Lipinski definition) is 2. The number of nitrogens with one attached hydrogen (secondary N) is 2. The minimum atomic E-state index is -0.313. The van der Waals surface area contributed by atoms with Crippen molar-refractivity contribution >= 4 is 23.4 Å². The van der Waals surface area contributed by atoms with Gasteiger partial charge < -0.3 is 20.3 Å². The topological polar surface area (TPSA) is 87.7 Å². The largest absolute Gasteiger partial charge is 0.383 e. The summed E-state index contributed by atoms with van der Waals surface area (Å²) in [5.41, 5.74) is 2.82. The molecule has 0 radical (unpaired) electrons. The van der Waals surface area contributed by atoms with E-state index in [1.54, 1.807) is 12.0 Å². The van der Waals surface area contributed by atoms with E-state index in [9.17, 15) is 14.4 Å². The molecule has 3 amide bonds. The summed E-state index contributed by atoms with van der Waals surface area (Å²) in [6.07, 6.45) is 1.03. The van der Waals surface area contributed by atoms with Crippen molar-refractivity contribution in [3.8, 4) is 0 Å². The quantitative estimate of drug-likeness (QED) is 0.699. The molecule has 1 aliphatic rings. The van der Waals surface area contributed by atoms with Crippen molar-refractivity contribution in [2.45, 2.75) is 46.1 Å². The van der Waals surface area contributed by atoms with Gasteiger partial charge in [0.15, 0.2) is 0 Å². The van der Waals surface area contributed by atoms with Crippen LogP contribution in [-0.2, 0) is 19.1 Å². The molecule has 1 unspecified atom stereocenters. The van der Waals surface area contributed by atoms with Crippen molar-refractivity contribution in [2.24, 2.45) is 5.92 Å². The number of piperidine rings is 1. The van der Waals surface area contributed by atoms with Crippen LogP contribution in [0.25, 0.3) is 0 Å². The Hall–Kier alpha value is -2.41. The molecule has 1 aromatic carbocycles. The van der Waals surface area contributed by atoms with Gasteiger partial charge in [0.25, 0.3) is 0 Å². The molecule has 28 heavy (non-hydrogen) atoms. The number of methoxy groups -OCH3 is 1. The predicted molar refractivity (Wildman–Crippen MR) is 108 cm³/mol. The lowest BCUT2D eigenvalue weighted by Gasteiger charge is -2.31. The highest BCUT2D eigenvalue weighted by molar-refractivity contribution is 6.04. The minimum absolute atomic E-state index is 0.00400. The summed E-state index contributed by atoms with van der Waals surface area (Å²) in [6.45, 7) is 7.27. The van der Waals surface area contributed by atoms with Crippen LogP contribution in [0.3, 0.4) is 0 Å². The number of aryl methyl sites for hydroxylation is 1. The van der Waals surface area contributed by atoms with Gasteiger partial charge in [-0.3, -0.25) is 14.4 Å². The van der Waals surface area contributed by atoms with Gasteiger partial charge in [0, 0.05) is 37.8 Å². The highest BCUT2D eigenvalue weighted by atomic mass is 16.5. The van der Waals surface area contributed by atoms with Crippen LogP contribution in [-0.4, -0.2) is 55.5 Å². The summed E-state index contributed by atoms with van der Waals surface area (Å²) in [6, 6.07) is 5.65. The number of rotatable bonds is 7. The van der Waals surface area contributed by atoms with E-state index >= 15 is 0 Å². The second kappa shape index (κ2) is 10.2. The van der Waals surface area contributed by atoms with Gasteiger partial charge in [-0.2, -0.15) is 0 Å². The van der Waals surface area contributed by atoms with Crippen LogP contribution in [0.5, 0.6) is 0 Å². The van der Waals surface area contributed by atoms with E-state index in [1.807, 2.05) is 39.0 Å². The Bertz CT molecular complexity index is 712. The number of carbonyl (C=O) groups excluding carboxylic acids is 3. The van der Waals surface area contributed by atoms with E-state index in [0.29, 0.717) is 32.5 Å². The van der Waals surface area contributed by atoms with Gasteiger partial charge >= 0.3 is 0 Å².